The van der Waals surface area contributed by atoms with Crippen molar-refractivity contribution in [1.82, 2.24) is 0 Å². The normalized spacial score (nSPS) is 15.6. The van der Waals surface area contributed by atoms with E-state index in [0.717, 1.165) is 44.9 Å². The van der Waals surface area contributed by atoms with Crippen LogP contribution < -0.4 is 0 Å². The van der Waals surface area contributed by atoms with Crippen LogP contribution in [0.3, 0.4) is 0 Å². The first-order valence-electron chi connectivity index (χ1n) is 7.02. The highest BCUT2D eigenvalue weighted by atomic mass is 32.2. The molecule has 5 heteroatoms. The van der Waals surface area contributed by atoms with Gasteiger partial charge in [-0.25, -0.2) is 0 Å². The molecule has 0 fully saturated rings. The molecule has 0 aromatic rings. The summed E-state index contributed by atoms with van der Waals surface area (Å²) in [7, 11) is -3.87. The lowest BCUT2D eigenvalue weighted by molar-refractivity contribution is 0.180. The van der Waals surface area contributed by atoms with Crippen LogP contribution in [-0.2, 0) is 10.1 Å². The Labute approximate surface area is 112 Å². The van der Waals surface area contributed by atoms with E-state index in [4.69, 9.17) is 9.66 Å². The van der Waals surface area contributed by atoms with Crippen molar-refractivity contribution >= 4 is 10.1 Å². The van der Waals surface area contributed by atoms with E-state index in [0.29, 0.717) is 12.8 Å². The Hall–Kier alpha value is -0.130. The molecule has 0 aliphatic carbocycles. The quantitative estimate of drug-likeness (QED) is 0.450. The molecular weight excluding hydrogens is 252 g/mol. The molecule has 0 radical (unpaired) electrons. The summed E-state index contributed by atoms with van der Waals surface area (Å²) < 4.78 is 31.2. The van der Waals surface area contributed by atoms with Gasteiger partial charge in [-0.15, -0.1) is 0 Å². The first kappa shape index (κ1) is 17.9. The molecule has 0 rings (SSSR count). The van der Waals surface area contributed by atoms with Gasteiger partial charge in [0.1, 0.15) is 0 Å². The van der Waals surface area contributed by atoms with E-state index in [1.807, 2.05) is 6.92 Å². The van der Waals surface area contributed by atoms with E-state index in [1.165, 1.54) is 0 Å². The third-order valence-electron chi connectivity index (χ3n) is 3.18. The van der Waals surface area contributed by atoms with Gasteiger partial charge in [0.2, 0.25) is 0 Å². The summed E-state index contributed by atoms with van der Waals surface area (Å²) in [4.78, 5) is 0. The fourth-order valence-corrected chi connectivity index (χ4v) is 3.10. The molecule has 0 aliphatic rings. The van der Waals surface area contributed by atoms with Crippen LogP contribution in [0.1, 0.15) is 71.6 Å². The molecule has 2 unspecified atom stereocenters. The van der Waals surface area contributed by atoms with Crippen LogP contribution in [0.4, 0.5) is 0 Å². The highest BCUT2D eigenvalue weighted by Crippen LogP contribution is 2.16. The topological polar surface area (TPSA) is 74.6 Å². The summed E-state index contributed by atoms with van der Waals surface area (Å²) in [5, 5.41) is 8.50. The van der Waals surface area contributed by atoms with E-state index < -0.39 is 15.4 Å². The largest absolute Gasteiger partial charge is 0.393 e. The first-order valence-corrected chi connectivity index (χ1v) is 8.52. The molecule has 0 aromatic carbocycles. The standard InChI is InChI=1S/C13H28O4S/c1-3-9-13(18(15,16)17)11-8-6-4-5-7-10-12(2)14/h12-14H,3-11H2,1-2H3,(H,15,16,17). The van der Waals surface area contributed by atoms with Gasteiger partial charge in [-0.1, -0.05) is 45.4 Å². The highest BCUT2D eigenvalue weighted by Gasteiger charge is 2.20. The summed E-state index contributed by atoms with van der Waals surface area (Å²) in [6.45, 7) is 3.72. The van der Waals surface area contributed by atoms with E-state index >= 15 is 0 Å². The molecule has 4 nitrogen and oxygen atoms in total. The second-order valence-electron chi connectivity index (χ2n) is 5.12. The van der Waals surface area contributed by atoms with Crippen LogP contribution in [0.15, 0.2) is 0 Å². The molecule has 0 saturated carbocycles. The Bertz CT molecular complexity index is 285. The molecule has 0 aromatic heterocycles. The summed E-state index contributed by atoms with van der Waals surface area (Å²) in [5.41, 5.74) is 0. The monoisotopic (exact) mass is 280 g/mol. The van der Waals surface area contributed by atoms with Crippen LogP contribution in [0.5, 0.6) is 0 Å². The van der Waals surface area contributed by atoms with Crippen LogP contribution in [-0.4, -0.2) is 29.4 Å². The van der Waals surface area contributed by atoms with E-state index in [9.17, 15) is 8.42 Å². The Morgan fingerprint density at radius 2 is 1.44 bits per heavy atom. The van der Waals surface area contributed by atoms with Crippen molar-refractivity contribution in [2.24, 2.45) is 0 Å². The molecule has 18 heavy (non-hydrogen) atoms. The van der Waals surface area contributed by atoms with Gasteiger partial charge in [0.15, 0.2) is 0 Å². The average molecular weight is 280 g/mol. The van der Waals surface area contributed by atoms with E-state index in [-0.39, 0.29) is 6.10 Å². The smallest absolute Gasteiger partial charge is 0.267 e. The summed E-state index contributed by atoms with van der Waals surface area (Å²) in [6.07, 6.45) is 7.50. The Kier molecular flexibility index (Phi) is 9.68. The van der Waals surface area contributed by atoms with Crippen molar-refractivity contribution in [3.05, 3.63) is 0 Å². The third-order valence-corrected chi connectivity index (χ3v) is 4.49. The first-order chi connectivity index (χ1) is 8.38. The van der Waals surface area contributed by atoms with Gasteiger partial charge in [-0.05, 0) is 26.2 Å². The Balaban J connectivity index is 3.62. The molecule has 0 amide bonds. The lowest BCUT2D eigenvalue weighted by Crippen LogP contribution is -2.20. The van der Waals surface area contributed by atoms with Crippen molar-refractivity contribution in [2.75, 3.05) is 0 Å². The maximum Gasteiger partial charge on any atom is 0.267 e. The van der Waals surface area contributed by atoms with Crippen molar-refractivity contribution < 1.29 is 18.1 Å². The number of aliphatic hydroxyl groups is 1. The summed E-state index contributed by atoms with van der Waals surface area (Å²) in [6, 6.07) is 0. The number of aliphatic hydroxyl groups excluding tert-OH is 1. The molecule has 0 heterocycles. The lowest BCUT2D eigenvalue weighted by Gasteiger charge is -2.12. The molecule has 2 atom stereocenters. The molecule has 0 saturated heterocycles. The van der Waals surface area contributed by atoms with Gasteiger partial charge >= 0.3 is 0 Å². The maximum atomic E-state index is 11.1. The molecule has 0 bridgehead atoms. The van der Waals surface area contributed by atoms with Gasteiger partial charge in [0, 0.05) is 0 Å². The van der Waals surface area contributed by atoms with Gasteiger partial charge < -0.3 is 5.11 Å². The minimum atomic E-state index is -3.87. The number of rotatable bonds is 11. The molecular formula is C13H28O4S. The zero-order valence-corrected chi connectivity index (χ0v) is 12.5. The van der Waals surface area contributed by atoms with Crippen molar-refractivity contribution in [3.8, 4) is 0 Å². The lowest BCUT2D eigenvalue weighted by atomic mass is 10.1. The Morgan fingerprint density at radius 1 is 0.944 bits per heavy atom. The minimum Gasteiger partial charge on any atom is -0.393 e. The van der Waals surface area contributed by atoms with Crippen molar-refractivity contribution in [3.63, 3.8) is 0 Å². The van der Waals surface area contributed by atoms with Crippen LogP contribution in [0, 0.1) is 0 Å². The molecule has 0 spiro atoms. The fraction of sp³-hybridized carbons (Fsp3) is 1.00. The SMILES string of the molecule is CCCC(CCCCCCCC(C)O)S(=O)(=O)O. The van der Waals surface area contributed by atoms with Crippen molar-refractivity contribution in [1.29, 1.82) is 0 Å². The van der Waals surface area contributed by atoms with Gasteiger partial charge in [-0.3, -0.25) is 4.55 Å². The second-order valence-corrected chi connectivity index (χ2v) is 6.82. The highest BCUT2D eigenvalue weighted by molar-refractivity contribution is 7.86. The van der Waals surface area contributed by atoms with Crippen molar-refractivity contribution in [2.45, 2.75) is 83.0 Å². The number of hydrogen-bond acceptors (Lipinski definition) is 3. The summed E-state index contributed by atoms with van der Waals surface area (Å²) in [5.74, 6) is 0. The minimum absolute atomic E-state index is 0.224. The van der Waals surface area contributed by atoms with Gasteiger partial charge in [-0.2, -0.15) is 8.42 Å². The van der Waals surface area contributed by atoms with E-state index in [2.05, 4.69) is 0 Å². The summed E-state index contributed by atoms with van der Waals surface area (Å²) >= 11 is 0. The fourth-order valence-electron chi connectivity index (χ4n) is 2.11. The predicted molar refractivity (Wildman–Crippen MR) is 74.2 cm³/mol. The number of unbranched alkanes of at least 4 members (excludes halogenated alkanes) is 4. The van der Waals surface area contributed by atoms with Gasteiger partial charge in [0.05, 0.1) is 11.4 Å². The molecule has 0 aliphatic heterocycles. The molecule has 110 valence electrons. The number of hydrogen-bond donors (Lipinski definition) is 2. The zero-order valence-electron chi connectivity index (χ0n) is 11.6. The van der Waals surface area contributed by atoms with E-state index in [1.54, 1.807) is 6.92 Å². The van der Waals surface area contributed by atoms with Crippen LogP contribution in [0.2, 0.25) is 0 Å². The third kappa shape index (κ3) is 9.85. The predicted octanol–water partition coefficient (Wildman–Crippen LogP) is 3.15. The second kappa shape index (κ2) is 9.75. The van der Waals surface area contributed by atoms with Crippen LogP contribution in [0.25, 0.3) is 0 Å². The maximum absolute atomic E-state index is 11.1. The average Bonchev–Trinajstić information content (AvgIpc) is 2.24. The van der Waals surface area contributed by atoms with Gasteiger partial charge in [0.25, 0.3) is 10.1 Å². The Morgan fingerprint density at radius 3 is 1.89 bits per heavy atom. The van der Waals surface area contributed by atoms with Crippen LogP contribution >= 0.6 is 0 Å². The molecule has 2 N–H and O–H groups in total. The zero-order chi connectivity index (χ0) is 14.0.